The Morgan fingerprint density at radius 2 is 0.955 bits per heavy atom. The number of carbonyl (C=O) groups excluding carboxylic acids is 2. The summed E-state index contributed by atoms with van der Waals surface area (Å²) in [5.41, 5.74) is 2.28. The minimum Gasteiger partial charge on any atom is -0.289 e. The minimum atomic E-state index is -0.109. The van der Waals surface area contributed by atoms with Crippen LogP contribution in [0, 0.1) is 11.8 Å². The topological polar surface area (TPSA) is 34.1 Å². The van der Waals surface area contributed by atoms with Crippen molar-refractivity contribution in [1.82, 2.24) is 0 Å². The summed E-state index contributed by atoms with van der Waals surface area (Å²) in [5.74, 6) is -0.274. The van der Waals surface area contributed by atoms with E-state index < -0.39 is 0 Å². The van der Waals surface area contributed by atoms with Gasteiger partial charge in [0.1, 0.15) is 0 Å². The molecule has 0 saturated carbocycles. The van der Waals surface area contributed by atoms with Crippen LogP contribution in [-0.4, -0.2) is 11.6 Å². The van der Waals surface area contributed by atoms with Gasteiger partial charge in [0.2, 0.25) is 0 Å². The van der Waals surface area contributed by atoms with Crippen molar-refractivity contribution in [3.8, 4) is 0 Å². The molecule has 106 valence electrons. The Balaban J connectivity index is 1.96. The van der Waals surface area contributed by atoms with Crippen LogP contribution in [-0.2, 0) is 0 Å². The maximum Gasteiger partial charge on any atom is 0.191 e. The molecule has 0 saturated heterocycles. The SMILES string of the molecule is O=C1C(C2C=CC=C2)=C(C2C=CC=C2)C(=O)c2ccccc21. The fourth-order valence-electron chi connectivity index (χ4n) is 3.32. The average Bonchev–Trinajstić information content (AvgIpc) is 3.23. The first kappa shape index (κ1) is 13.0. The molecular formula is C20H14O2. The van der Waals surface area contributed by atoms with Crippen molar-refractivity contribution in [2.75, 3.05) is 0 Å². The summed E-state index contributed by atoms with van der Waals surface area (Å²) in [6.07, 6.45) is 15.6. The maximum absolute atomic E-state index is 13.0. The summed E-state index contributed by atoms with van der Waals surface area (Å²) in [7, 11) is 0. The zero-order chi connectivity index (χ0) is 15.1. The molecule has 3 aliphatic carbocycles. The van der Waals surface area contributed by atoms with Crippen molar-refractivity contribution in [1.29, 1.82) is 0 Å². The van der Waals surface area contributed by atoms with E-state index in [9.17, 15) is 9.59 Å². The third kappa shape index (κ3) is 1.81. The van der Waals surface area contributed by atoms with Crippen molar-refractivity contribution >= 4 is 11.6 Å². The van der Waals surface area contributed by atoms with E-state index in [1.807, 2.05) is 60.7 Å². The average molecular weight is 286 g/mol. The van der Waals surface area contributed by atoms with Gasteiger partial charge in [0.25, 0.3) is 0 Å². The predicted molar refractivity (Wildman–Crippen MR) is 85.7 cm³/mol. The van der Waals surface area contributed by atoms with Gasteiger partial charge in [0.15, 0.2) is 11.6 Å². The molecule has 0 spiro atoms. The van der Waals surface area contributed by atoms with Gasteiger partial charge in [0, 0.05) is 34.1 Å². The number of hydrogen-bond acceptors (Lipinski definition) is 2. The Kier molecular flexibility index (Phi) is 2.90. The lowest BCUT2D eigenvalue weighted by atomic mass is 9.75. The van der Waals surface area contributed by atoms with Gasteiger partial charge in [-0.2, -0.15) is 0 Å². The van der Waals surface area contributed by atoms with Crippen LogP contribution >= 0.6 is 0 Å². The second-order valence-corrected chi connectivity index (χ2v) is 5.62. The standard InChI is InChI=1S/C20H14O2/c21-19-15-11-5-6-12-16(15)20(22)18(14-9-3-4-10-14)17(19)13-7-1-2-8-13/h1-14H. The van der Waals surface area contributed by atoms with E-state index in [0.717, 1.165) is 0 Å². The molecule has 0 unspecified atom stereocenters. The predicted octanol–water partition coefficient (Wildman–Crippen LogP) is 3.85. The van der Waals surface area contributed by atoms with Gasteiger partial charge in [-0.05, 0) is 0 Å². The lowest BCUT2D eigenvalue weighted by Gasteiger charge is -2.25. The van der Waals surface area contributed by atoms with E-state index in [2.05, 4.69) is 0 Å². The third-order valence-electron chi connectivity index (χ3n) is 4.36. The first-order valence-electron chi connectivity index (χ1n) is 7.40. The first-order valence-corrected chi connectivity index (χ1v) is 7.40. The van der Waals surface area contributed by atoms with Crippen LogP contribution in [0.2, 0.25) is 0 Å². The molecule has 0 aliphatic heterocycles. The van der Waals surface area contributed by atoms with E-state index in [-0.39, 0.29) is 23.4 Å². The van der Waals surface area contributed by atoms with Crippen LogP contribution in [0.4, 0.5) is 0 Å². The van der Waals surface area contributed by atoms with Crippen LogP contribution in [0.15, 0.2) is 84.0 Å². The molecule has 22 heavy (non-hydrogen) atoms. The normalized spacial score (nSPS) is 20.5. The van der Waals surface area contributed by atoms with Crippen molar-refractivity contribution in [3.05, 3.63) is 95.1 Å². The summed E-state index contributed by atoms with van der Waals surface area (Å²) >= 11 is 0. The molecular weight excluding hydrogens is 272 g/mol. The number of benzene rings is 1. The van der Waals surface area contributed by atoms with Crippen LogP contribution in [0.1, 0.15) is 20.7 Å². The van der Waals surface area contributed by atoms with Gasteiger partial charge in [0.05, 0.1) is 0 Å². The molecule has 0 bridgehead atoms. The first-order chi connectivity index (χ1) is 10.8. The van der Waals surface area contributed by atoms with Gasteiger partial charge >= 0.3 is 0 Å². The summed E-state index contributed by atoms with van der Waals surface area (Å²) in [4.78, 5) is 26.0. The fraction of sp³-hybridized carbons (Fsp3) is 0.100. The Labute approximate surface area is 128 Å². The summed E-state index contributed by atoms with van der Waals surface area (Å²) in [5, 5.41) is 0. The van der Waals surface area contributed by atoms with Crippen LogP contribution < -0.4 is 0 Å². The Hall–Kier alpha value is -2.74. The monoisotopic (exact) mass is 286 g/mol. The molecule has 0 radical (unpaired) electrons. The summed E-state index contributed by atoms with van der Waals surface area (Å²) in [6, 6.07) is 7.11. The number of Topliss-reactive ketones (excluding diaryl/α,β-unsaturated/α-hetero) is 2. The Bertz CT molecular complexity index is 738. The van der Waals surface area contributed by atoms with E-state index in [4.69, 9.17) is 0 Å². The molecule has 3 aliphatic rings. The van der Waals surface area contributed by atoms with Gasteiger partial charge < -0.3 is 0 Å². The van der Waals surface area contributed by atoms with E-state index in [1.54, 1.807) is 12.1 Å². The van der Waals surface area contributed by atoms with Gasteiger partial charge in [-0.15, -0.1) is 0 Å². The molecule has 4 rings (SSSR count). The van der Waals surface area contributed by atoms with Crippen LogP contribution in [0.5, 0.6) is 0 Å². The molecule has 0 N–H and O–H groups in total. The number of allylic oxidation sites excluding steroid dienone is 10. The molecule has 2 nitrogen and oxygen atoms in total. The minimum absolute atomic E-state index is 0.0277. The van der Waals surface area contributed by atoms with Crippen molar-refractivity contribution in [2.45, 2.75) is 0 Å². The smallest absolute Gasteiger partial charge is 0.191 e. The van der Waals surface area contributed by atoms with Gasteiger partial charge in [-0.1, -0.05) is 72.9 Å². The second kappa shape index (κ2) is 4.92. The van der Waals surface area contributed by atoms with Crippen LogP contribution in [0.3, 0.4) is 0 Å². The number of fused-ring (bicyclic) bond motifs is 1. The highest BCUT2D eigenvalue weighted by Gasteiger charge is 2.37. The van der Waals surface area contributed by atoms with Crippen molar-refractivity contribution < 1.29 is 9.59 Å². The fourth-order valence-corrected chi connectivity index (χ4v) is 3.32. The molecule has 2 heteroatoms. The molecule has 0 aromatic heterocycles. The zero-order valence-corrected chi connectivity index (χ0v) is 11.9. The lowest BCUT2D eigenvalue weighted by Crippen LogP contribution is -2.27. The number of hydrogen-bond donors (Lipinski definition) is 0. The quantitative estimate of drug-likeness (QED) is 0.827. The molecule has 0 heterocycles. The van der Waals surface area contributed by atoms with Crippen molar-refractivity contribution in [2.24, 2.45) is 11.8 Å². The highest BCUT2D eigenvalue weighted by molar-refractivity contribution is 6.27. The third-order valence-corrected chi connectivity index (χ3v) is 4.36. The largest absolute Gasteiger partial charge is 0.289 e. The molecule has 1 aromatic rings. The summed E-state index contributed by atoms with van der Waals surface area (Å²) in [6.45, 7) is 0. The molecule has 0 fully saturated rings. The number of rotatable bonds is 2. The molecule has 0 atom stereocenters. The van der Waals surface area contributed by atoms with Crippen LogP contribution in [0.25, 0.3) is 0 Å². The molecule has 1 aromatic carbocycles. The van der Waals surface area contributed by atoms with E-state index in [1.165, 1.54) is 0 Å². The Morgan fingerprint density at radius 3 is 1.32 bits per heavy atom. The van der Waals surface area contributed by atoms with Gasteiger partial charge in [-0.3, -0.25) is 9.59 Å². The Morgan fingerprint density at radius 1 is 0.591 bits per heavy atom. The van der Waals surface area contributed by atoms with E-state index >= 15 is 0 Å². The van der Waals surface area contributed by atoms with Gasteiger partial charge in [-0.25, -0.2) is 0 Å². The lowest BCUT2D eigenvalue weighted by molar-refractivity contribution is 0.0965. The number of carbonyl (C=O) groups is 2. The van der Waals surface area contributed by atoms with E-state index in [0.29, 0.717) is 22.3 Å². The maximum atomic E-state index is 13.0. The van der Waals surface area contributed by atoms with Crippen molar-refractivity contribution in [3.63, 3.8) is 0 Å². The second-order valence-electron chi connectivity index (χ2n) is 5.62. The summed E-state index contributed by atoms with van der Waals surface area (Å²) < 4.78 is 0. The highest BCUT2D eigenvalue weighted by Crippen LogP contribution is 2.37. The molecule has 0 amide bonds. The zero-order valence-electron chi connectivity index (χ0n) is 11.9. The number of ketones is 2. The highest BCUT2D eigenvalue weighted by atomic mass is 16.1.